The van der Waals surface area contributed by atoms with Crippen LogP contribution in [-0.2, 0) is 0 Å². The monoisotopic (exact) mass is 425 g/mol. The Morgan fingerprint density at radius 3 is 2.20 bits per heavy atom. The molecule has 0 saturated heterocycles. The number of hydrogen-bond donors (Lipinski definition) is 2. The summed E-state index contributed by atoms with van der Waals surface area (Å²) in [7, 11) is 0. The number of benzene rings is 1. The quantitative estimate of drug-likeness (QED) is 0.764. The predicted octanol–water partition coefficient (Wildman–Crippen LogP) is 4.33. The molecule has 2 nitrogen and oxygen atoms in total. The number of thiophene rings is 1. The van der Waals surface area contributed by atoms with Gasteiger partial charge in [-0.1, -0.05) is 0 Å². The highest BCUT2D eigenvalue weighted by Crippen LogP contribution is 2.40. The fourth-order valence-electron chi connectivity index (χ4n) is 2.01. The van der Waals surface area contributed by atoms with E-state index in [1.54, 1.807) is 6.07 Å². The molecule has 2 atom stereocenters. The van der Waals surface area contributed by atoms with Gasteiger partial charge in [-0.05, 0) is 55.6 Å². The van der Waals surface area contributed by atoms with Crippen molar-refractivity contribution in [3.63, 3.8) is 0 Å². The van der Waals surface area contributed by atoms with Crippen molar-refractivity contribution >= 4 is 43.2 Å². The van der Waals surface area contributed by atoms with Crippen molar-refractivity contribution in [1.29, 1.82) is 0 Å². The van der Waals surface area contributed by atoms with E-state index in [2.05, 4.69) is 31.9 Å². The molecule has 0 saturated carbocycles. The molecule has 1 heterocycles. The molecule has 1 aromatic heterocycles. The summed E-state index contributed by atoms with van der Waals surface area (Å²) in [6.07, 6.45) is -0.946. The van der Waals surface area contributed by atoms with Gasteiger partial charge in [0.25, 0.3) is 0 Å². The molecule has 0 aliphatic rings. The van der Waals surface area contributed by atoms with Crippen molar-refractivity contribution in [1.82, 2.24) is 0 Å². The van der Waals surface area contributed by atoms with Gasteiger partial charge in [0.1, 0.15) is 11.6 Å². The van der Waals surface area contributed by atoms with Crippen molar-refractivity contribution in [3.8, 4) is 0 Å². The van der Waals surface area contributed by atoms with Crippen molar-refractivity contribution in [2.24, 2.45) is 5.73 Å². The Labute approximate surface area is 135 Å². The molecule has 0 aliphatic heterocycles. The molecule has 7 heteroatoms. The van der Waals surface area contributed by atoms with Crippen molar-refractivity contribution in [3.05, 3.63) is 54.6 Å². The fraction of sp³-hybridized carbons (Fsp3) is 0.231. The van der Waals surface area contributed by atoms with E-state index in [0.717, 1.165) is 13.6 Å². The normalized spacial score (nSPS) is 14.3. The molecule has 3 N–H and O–H groups in total. The second-order valence-corrected chi connectivity index (χ2v) is 8.02. The number of rotatable bonds is 4. The minimum Gasteiger partial charge on any atom is -0.388 e. The molecular weight excluding hydrogens is 416 g/mol. The molecule has 1 aromatic carbocycles. The number of hydrogen-bond acceptors (Lipinski definition) is 3. The standard InChI is InChI=1S/C13H11Br2F2NOS/c14-11-4-9(13(15)20-11)12(19)10(5-18)6-1-7(16)3-8(17)2-6/h1-4,10,12,19H,5,18H2. The largest absolute Gasteiger partial charge is 0.388 e. The lowest BCUT2D eigenvalue weighted by atomic mass is 9.90. The van der Waals surface area contributed by atoms with Crippen LogP contribution in [0.25, 0.3) is 0 Å². The Bertz CT molecular complexity index is 600. The summed E-state index contributed by atoms with van der Waals surface area (Å²) in [4.78, 5) is 0. The van der Waals surface area contributed by atoms with E-state index in [0.29, 0.717) is 11.1 Å². The van der Waals surface area contributed by atoms with E-state index < -0.39 is 23.7 Å². The van der Waals surface area contributed by atoms with Crippen LogP contribution in [0.4, 0.5) is 8.78 Å². The average molecular weight is 427 g/mol. The third-order valence-corrected chi connectivity index (χ3v) is 5.34. The highest BCUT2D eigenvalue weighted by Gasteiger charge is 2.25. The summed E-state index contributed by atoms with van der Waals surface area (Å²) in [5, 5.41) is 10.4. The molecule has 0 radical (unpaired) electrons. The summed E-state index contributed by atoms with van der Waals surface area (Å²) in [6, 6.07) is 4.94. The molecule has 108 valence electrons. The van der Waals surface area contributed by atoms with Crippen LogP contribution in [0.5, 0.6) is 0 Å². The van der Waals surface area contributed by atoms with Crippen LogP contribution in [-0.4, -0.2) is 11.7 Å². The summed E-state index contributed by atoms with van der Waals surface area (Å²) in [5.41, 5.74) is 6.65. The van der Waals surface area contributed by atoms with E-state index in [9.17, 15) is 13.9 Å². The third-order valence-electron chi connectivity index (χ3n) is 2.95. The van der Waals surface area contributed by atoms with Gasteiger partial charge < -0.3 is 10.8 Å². The first-order valence-electron chi connectivity index (χ1n) is 5.71. The topological polar surface area (TPSA) is 46.2 Å². The van der Waals surface area contributed by atoms with E-state index in [1.165, 1.54) is 23.5 Å². The highest BCUT2D eigenvalue weighted by molar-refractivity contribution is 9.12. The van der Waals surface area contributed by atoms with E-state index in [1.807, 2.05) is 0 Å². The SMILES string of the molecule is NCC(c1cc(F)cc(F)c1)C(O)c1cc(Br)sc1Br. The van der Waals surface area contributed by atoms with Gasteiger partial charge in [0.2, 0.25) is 0 Å². The van der Waals surface area contributed by atoms with Crippen molar-refractivity contribution in [2.45, 2.75) is 12.0 Å². The maximum absolute atomic E-state index is 13.3. The molecular formula is C13H11Br2F2NOS. The van der Waals surface area contributed by atoms with Crippen molar-refractivity contribution < 1.29 is 13.9 Å². The third kappa shape index (κ3) is 3.46. The molecule has 20 heavy (non-hydrogen) atoms. The summed E-state index contributed by atoms with van der Waals surface area (Å²) >= 11 is 8.10. The van der Waals surface area contributed by atoms with Gasteiger partial charge in [-0.3, -0.25) is 0 Å². The average Bonchev–Trinajstić information content (AvgIpc) is 2.68. The molecule has 0 aliphatic carbocycles. The zero-order valence-electron chi connectivity index (χ0n) is 10.1. The maximum Gasteiger partial charge on any atom is 0.126 e. The van der Waals surface area contributed by atoms with Gasteiger partial charge in [0.15, 0.2) is 0 Å². The number of aliphatic hydroxyl groups excluding tert-OH is 1. The van der Waals surface area contributed by atoms with Crippen LogP contribution in [0.2, 0.25) is 0 Å². The van der Waals surface area contributed by atoms with E-state index in [-0.39, 0.29) is 6.54 Å². The van der Waals surface area contributed by atoms with Gasteiger partial charge in [0, 0.05) is 24.1 Å². The van der Waals surface area contributed by atoms with Crippen LogP contribution < -0.4 is 5.73 Å². The highest BCUT2D eigenvalue weighted by atomic mass is 79.9. The van der Waals surface area contributed by atoms with Crippen LogP contribution in [0.1, 0.15) is 23.1 Å². The second-order valence-electron chi connectivity index (χ2n) is 4.27. The Morgan fingerprint density at radius 1 is 1.15 bits per heavy atom. The molecule has 0 amide bonds. The first-order valence-corrected chi connectivity index (χ1v) is 8.11. The number of aliphatic hydroxyl groups is 1. The molecule has 0 spiro atoms. The van der Waals surface area contributed by atoms with E-state index in [4.69, 9.17) is 5.73 Å². The lowest BCUT2D eigenvalue weighted by Gasteiger charge is -2.22. The lowest BCUT2D eigenvalue weighted by molar-refractivity contribution is 0.147. The van der Waals surface area contributed by atoms with Gasteiger partial charge in [-0.2, -0.15) is 0 Å². The van der Waals surface area contributed by atoms with Crippen molar-refractivity contribution in [2.75, 3.05) is 6.54 Å². The Kier molecular flexibility index (Phi) is 5.30. The van der Waals surface area contributed by atoms with Crippen LogP contribution in [0, 0.1) is 11.6 Å². The molecule has 0 bridgehead atoms. The maximum atomic E-state index is 13.3. The number of nitrogens with two attached hydrogens (primary N) is 1. The summed E-state index contributed by atoms with van der Waals surface area (Å²) < 4.78 is 28.2. The Hall–Kier alpha value is -0.340. The Morgan fingerprint density at radius 2 is 1.75 bits per heavy atom. The Balaban J connectivity index is 2.38. The van der Waals surface area contributed by atoms with Gasteiger partial charge in [-0.25, -0.2) is 8.78 Å². The van der Waals surface area contributed by atoms with Crippen LogP contribution >= 0.6 is 43.2 Å². The first kappa shape index (κ1) is 16.0. The molecule has 2 aromatic rings. The van der Waals surface area contributed by atoms with Crippen LogP contribution in [0.3, 0.4) is 0 Å². The van der Waals surface area contributed by atoms with Gasteiger partial charge in [0.05, 0.1) is 13.7 Å². The minimum absolute atomic E-state index is 0.0734. The predicted molar refractivity (Wildman–Crippen MR) is 82.8 cm³/mol. The fourth-order valence-corrected chi connectivity index (χ4v) is 4.92. The lowest BCUT2D eigenvalue weighted by Crippen LogP contribution is -2.20. The number of halogens is 4. The minimum atomic E-state index is -0.946. The summed E-state index contributed by atoms with van der Waals surface area (Å²) in [6.45, 7) is 0.0734. The zero-order chi connectivity index (χ0) is 14.9. The smallest absolute Gasteiger partial charge is 0.126 e. The second kappa shape index (κ2) is 6.62. The van der Waals surface area contributed by atoms with E-state index >= 15 is 0 Å². The molecule has 2 rings (SSSR count). The van der Waals surface area contributed by atoms with Gasteiger partial charge >= 0.3 is 0 Å². The first-order chi connectivity index (χ1) is 9.42. The zero-order valence-corrected chi connectivity index (χ0v) is 14.1. The summed E-state index contributed by atoms with van der Waals surface area (Å²) in [5.74, 6) is -1.95. The molecule has 2 unspecified atom stereocenters. The molecule has 0 fully saturated rings. The van der Waals surface area contributed by atoms with Gasteiger partial charge in [-0.15, -0.1) is 11.3 Å². The van der Waals surface area contributed by atoms with Crippen LogP contribution in [0.15, 0.2) is 31.8 Å².